The van der Waals surface area contributed by atoms with Crippen LogP contribution in [0.1, 0.15) is 24.2 Å². The number of carbonyl (C=O) groups is 2. The summed E-state index contributed by atoms with van der Waals surface area (Å²) in [5, 5.41) is 9.45. The zero-order chi connectivity index (χ0) is 27.6. The number of rotatable bonds is 8. The van der Waals surface area contributed by atoms with E-state index in [-0.39, 0.29) is 23.7 Å². The van der Waals surface area contributed by atoms with Crippen molar-refractivity contribution >= 4 is 34.3 Å². The van der Waals surface area contributed by atoms with Crippen molar-refractivity contribution in [3.05, 3.63) is 72.6 Å². The average molecular weight is 521 g/mol. The van der Waals surface area contributed by atoms with Crippen molar-refractivity contribution in [1.29, 1.82) is 0 Å². The van der Waals surface area contributed by atoms with Gasteiger partial charge in [0.05, 0.1) is 24.6 Å². The maximum atomic E-state index is 13.9. The molecule has 4 N–H and O–H groups in total. The molecule has 1 aromatic heterocycles. The van der Waals surface area contributed by atoms with E-state index in [0.29, 0.717) is 27.8 Å². The number of nitrogens with two attached hydrogens (primary N) is 1. The van der Waals surface area contributed by atoms with Crippen LogP contribution in [0.5, 0.6) is 5.75 Å². The highest BCUT2D eigenvalue weighted by molar-refractivity contribution is 6.08. The molecule has 0 unspecified atom stereocenters. The number of nitrogens with zero attached hydrogens (tertiary/aromatic N) is 1. The summed E-state index contributed by atoms with van der Waals surface area (Å²) in [6.45, 7) is 5.57. The predicted molar refractivity (Wildman–Crippen MR) is 142 cm³/mol. The third-order valence-electron chi connectivity index (χ3n) is 5.77. The lowest BCUT2D eigenvalue weighted by Crippen LogP contribution is -2.35. The number of halogens is 2. The highest BCUT2D eigenvalue weighted by Gasteiger charge is 2.22. The summed E-state index contributed by atoms with van der Waals surface area (Å²) < 4.78 is 37.8. The molecule has 1 heterocycles. The number of fused-ring (bicyclic) bond motifs is 1. The molecule has 10 heteroatoms. The Morgan fingerprint density at radius 2 is 1.79 bits per heavy atom. The molecular weight excluding hydrogens is 494 g/mol. The molecule has 2 amide bonds. The molecule has 0 aliphatic carbocycles. The number of methoxy groups -OCH3 is 1. The van der Waals surface area contributed by atoms with Crippen LogP contribution in [0.3, 0.4) is 0 Å². The van der Waals surface area contributed by atoms with E-state index in [1.807, 2.05) is 6.07 Å². The second kappa shape index (κ2) is 10.3. The molecule has 8 nitrogen and oxygen atoms in total. The fourth-order valence-electron chi connectivity index (χ4n) is 3.95. The van der Waals surface area contributed by atoms with Crippen LogP contribution in [0.4, 0.5) is 20.3 Å². The number of aromatic nitrogens is 1. The standard InChI is InChI=1S/C28H26F2N4O4/c1-15(29)26(35)33-18-8-5-16(6-9-18)19-11-12-21-24(25(31)34-38-21)23(19)17-7-10-20(22(13-17)37-4)27(36)32-14-28(2,3)30/h5-13H,1,14H2,2-4H3,(H2,31,34)(H,32,36)(H,33,35). The Bertz CT molecular complexity index is 1540. The number of ether oxygens (including phenoxy) is 1. The maximum absolute atomic E-state index is 13.9. The van der Waals surface area contributed by atoms with Gasteiger partial charge in [-0.1, -0.05) is 29.9 Å². The Balaban J connectivity index is 1.80. The number of nitrogens with one attached hydrogen (secondary N) is 2. The van der Waals surface area contributed by atoms with Gasteiger partial charge in [0.25, 0.3) is 11.8 Å². The molecule has 196 valence electrons. The van der Waals surface area contributed by atoms with Crippen molar-refractivity contribution in [3.63, 3.8) is 0 Å². The molecule has 38 heavy (non-hydrogen) atoms. The van der Waals surface area contributed by atoms with Crippen LogP contribution in [0.15, 0.2) is 71.5 Å². The molecule has 4 rings (SSSR count). The molecule has 0 saturated heterocycles. The van der Waals surface area contributed by atoms with Gasteiger partial charge >= 0.3 is 0 Å². The van der Waals surface area contributed by atoms with Gasteiger partial charge in [0.1, 0.15) is 11.4 Å². The van der Waals surface area contributed by atoms with E-state index in [2.05, 4.69) is 22.4 Å². The summed E-state index contributed by atoms with van der Waals surface area (Å²) in [7, 11) is 1.43. The SMILES string of the molecule is C=C(F)C(=O)Nc1ccc(-c2ccc3onc(N)c3c2-c2ccc(C(=O)NCC(C)(C)F)c(OC)c2)cc1. The zero-order valence-corrected chi connectivity index (χ0v) is 21.0. The molecule has 3 aromatic carbocycles. The lowest BCUT2D eigenvalue weighted by atomic mass is 9.91. The summed E-state index contributed by atoms with van der Waals surface area (Å²) in [6.07, 6.45) is 0. The number of carbonyl (C=O) groups excluding carboxylic acids is 2. The third-order valence-corrected chi connectivity index (χ3v) is 5.77. The third kappa shape index (κ3) is 5.49. The van der Waals surface area contributed by atoms with E-state index in [0.717, 1.165) is 11.1 Å². The van der Waals surface area contributed by atoms with Crippen molar-refractivity contribution in [3.8, 4) is 28.0 Å². The van der Waals surface area contributed by atoms with E-state index in [1.54, 1.807) is 48.5 Å². The van der Waals surface area contributed by atoms with Crippen LogP contribution in [-0.4, -0.2) is 36.3 Å². The summed E-state index contributed by atoms with van der Waals surface area (Å²) in [5.74, 6) is -2.05. The van der Waals surface area contributed by atoms with Crippen molar-refractivity contribution < 1.29 is 27.6 Å². The summed E-state index contributed by atoms with van der Waals surface area (Å²) in [5.41, 5.74) is 8.51. The highest BCUT2D eigenvalue weighted by atomic mass is 19.1. The Morgan fingerprint density at radius 1 is 1.11 bits per heavy atom. The lowest BCUT2D eigenvalue weighted by Gasteiger charge is -2.17. The fraction of sp³-hybridized carbons (Fsp3) is 0.179. The molecule has 0 fully saturated rings. The van der Waals surface area contributed by atoms with Gasteiger partial charge in [0.15, 0.2) is 17.2 Å². The van der Waals surface area contributed by atoms with E-state index >= 15 is 0 Å². The second-order valence-electron chi connectivity index (χ2n) is 9.18. The number of alkyl halides is 1. The highest BCUT2D eigenvalue weighted by Crippen LogP contribution is 2.42. The molecule has 4 aromatic rings. The van der Waals surface area contributed by atoms with Gasteiger partial charge in [-0.15, -0.1) is 0 Å². The predicted octanol–water partition coefficient (Wildman–Crippen LogP) is 5.65. The van der Waals surface area contributed by atoms with Crippen LogP contribution in [0, 0.1) is 0 Å². The second-order valence-corrected chi connectivity index (χ2v) is 9.18. The van der Waals surface area contributed by atoms with Gasteiger partial charge in [-0.25, -0.2) is 8.78 Å². The number of anilines is 2. The smallest absolute Gasteiger partial charge is 0.283 e. The minimum atomic E-state index is -1.57. The van der Waals surface area contributed by atoms with Gasteiger partial charge in [-0.05, 0) is 66.9 Å². The fourth-order valence-corrected chi connectivity index (χ4v) is 3.95. The van der Waals surface area contributed by atoms with Crippen molar-refractivity contribution in [2.75, 3.05) is 24.7 Å². The first kappa shape index (κ1) is 26.3. The largest absolute Gasteiger partial charge is 0.496 e. The van der Waals surface area contributed by atoms with Crippen LogP contribution in [-0.2, 0) is 4.79 Å². The van der Waals surface area contributed by atoms with Crippen molar-refractivity contribution in [1.82, 2.24) is 10.5 Å². The van der Waals surface area contributed by atoms with Gasteiger partial charge in [-0.3, -0.25) is 9.59 Å². The Labute approximate surface area is 217 Å². The van der Waals surface area contributed by atoms with Crippen LogP contribution in [0.25, 0.3) is 33.2 Å². The maximum Gasteiger partial charge on any atom is 0.283 e. The van der Waals surface area contributed by atoms with Crippen LogP contribution >= 0.6 is 0 Å². The first-order valence-electron chi connectivity index (χ1n) is 11.6. The molecule has 0 spiro atoms. The molecular formula is C28H26F2N4O4. The topological polar surface area (TPSA) is 119 Å². The van der Waals surface area contributed by atoms with E-state index < -0.39 is 23.3 Å². The summed E-state index contributed by atoms with van der Waals surface area (Å²) in [4.78, 5) is 24.3. The minimum absolute atomic E-state index is 0.159. The van der Waals surface area contributed by atoms with Gasteiger partial charge in [0.2, 0.25) is 0 Å². The van der Waals surface area contributed by atoms with Crippen LogP contribution < -0.4 is 21.1 Å². The average Bonchev–Trinajstić information content (AvgIpc) is 3.27. The molecule has 0 saturated carbocycles. The van der Waals surface area contributed by atoms with E-state index in [1.165, 1.54) is 21.0 Å². The van der Waals surface area contributed by atoms with Gasteiger partial charge in [-0.2, -0.15) is 0 Å². The Hall–Kier alpha value is -4.73. The summed E-state index contributed by atoms with van der Waals surface area (Å²) >= 11 is 0. The van der Waals surface area contributed by atoms with Crippen molar-refractivity contribution in [2.45, 2.75) is 19.5 Å². The molecule has 0 aliphatic rings. The molecule has 0 aliphatic heterocycles. The van der Waals surface area contributed by atoms with E-state index in [9.17, 15) is 18.4 Å². The number of nitrogen functional groups attached to an aromatic ring is 1. The Morgan fingerprint density at radius 3 is 2.42 bits per heavy atom. The normalized spacial score (nSPS) is 11.3. The first-order chi connectivity index (χ1) is 18.0. The number of hydrogen-bond acceptors (Lipinski definition) is 6. The Kier molecular flexibility index (Phi) is 7.16. The lowest BCUT2D eigenvalue weighted by molar-refractivity contribution is -0.114. The number of benzene rings is 3. The molecule has 0 radical (unpaired) electrons. The number of amides is 2. The number of hydrogen-bond donors (Lipinski definition) is 3. The zero-order valence-electron chi connectivity index (χ0n) is 21.0. The van der Waals surface area contributed by atoms with Gasteiger partial charge in [0, 0.05) is 11.3 Å². The molecule has 0 atom stereocenters. The minimum Gasteiger partial charge on any atom is -0.496 e. The quantitative estimate of drug-likeness (QED) is 0.258. The first-order valence-corrected chi connectivity index (χ1v) is 11.6. The van der Waals surface area contributed by atoms with E-state index in [4.69, 9.17) is 15.0 Å². The molecule has 0 bridgehead atoms. The monoisotopic (exact) mass is 520 g/mol. The van der Waals surface area contributed by atoms with Crippen molar-refractivity contribution in [2.24, 2.45) is 0 Å². The van der Waals surface area contributed by atoms with Gasteiger partial charge < -0.3 is 25.6 Å². The summed E-state index contributed by atoms with van der Waals surface area (Å²) in [6, 6.07) is 15.3. The van der Waals surface area contributed by atoms with Crippen LogP contribution in [0.2, 0.25) is 0 Å².